The van der Waals surface area contributed by atoms with Gasteiger partial charge in [0, 0.05) is 22.7 Å². The first kappa shape index (κ1) is 14.6. The molecule has 20 heavy (non-hydrogen) atoms. The number of fused-ring (bicyclic) bond motifs is 1. The van der Waals surface area contributed by atoms with E-state index in [4.69, 9.17) is 5.73 Å². The van der Waals surface area contributed by atoms with Crippen molar-refractivity contribution in [3.63, 3.8) is 0 Å². The molecule has 3 nitrogen and oxygen atoms in total. The molecule has 0 spiro atoms. The van der Waals surface area contributed by atoms with Crippen LogP contribution in [0.4, 0.5) is 5.69 Å². The van der Waals surface area contributed by atoms with Crippen molar-refractivity contribution < 1.29 is 4.79 Å². The number of hydrogen-bond acceptors (Lipinski definition) is 3. The lowest BCUT2D eigenvalue weighted by molar-refractivity contribution is 0.0735. The molecule has 0 unspecified atom stereocenters. The summed E-state index contributed by atoms with van der Waals surface area (Å²) in [5.41, 5.74) is 7.92. The van der Waals surface area contributed by atoms with Crippen molar-refractivity contribution in [2.45, 2.75) is 26.8 Å². The second-order valence-electron chi connectivity index (χ2n) is 5.18. The highest BCUT2D eigenvalue weighted by atomic mass is 32.1. The van der Waals surface area contributed by atoms with Crippen LogP contribution in [0.25, 0.3) is 10.1 Å². The lowest BCUT2D eigenvalue weighted by Crippen LogP contribution is -2.36. The van der Waals surface area contributed by atoms with Crippen LogP contribution < -0.4 is 5.73 Å². The Labute approximate surface area is 123 Å². The number of carbonyl (C=O) groups is 1. The number of nitrogens with zero attached hydrogens (tertiary/aromatic N) is 1. The van der Waals surface area contributed by atoms with E-state index in [9.17, 15) is 4.79 Å². The zero-order valence-corrected chi connectivity index (χ0v) is 13.0. The Morgan fingerprint density at radius 3 is 2.80 bits per heavy atom. The maximum absolute atomic E-state index is 12.7. The molecule has 1 amide bonds. The van der Waals surface area contributed by atoms with Gasteiger partial charge in [-0.25, -0.2) is 0 Å². The normalized spacial score (nSPS) is 11.0. The van der Waals surface area contributed by atoms with Crippen LogP contribution in [-0.2, 0) is 0 Å². The molecule has 2 aromatic rings. The molecule has 2 rings (SSSR count). The number of nitrogens with two attached hydrogens (primary N) is 1. The number of benzene rings is 1. The molecule has 4 heteroatoms. The minimum absolute atomic E-state index is 0.0174. The Hall–Kier alpha value is -1.81. The van der Waals surface area contributed by atoms with Crippen LogP contribution in [0, 0.1) is 6.92 Å². The quantitative estimate of drug-likeness (QED) is 0.869. The molecular formula is C16H20N2OS. The van der Waals surface area contributed by atoms with Gasteiger partial charge in [-0.1, -0.05) is 18.2 Å². The molecule has 1 aromatic heterocycles. The van der Waals surface area contributed by atoms with E-state index in [2.05, 4.69) is 12.6 Å². The Morgan fingerprint density at radius 1 is 1.50 bits per heavy atom. The molecule has 0 bridgehead atoms. The van der Waals surface area contributed by atoms with Gasteiger partial charge >= 0.3 is 0 Å². The second-order valence-corrected chi connectivity index (χ2v) is 6.24. The average Bonchev–Trinajstić information content (AvgIpc) is 2.71. The predicted molar refractivity (Wildman–Crippen MR) is 87.3 cm³/mol. The summed E-state index contributed by atoms with van der Waals surface area (Å²) >= 11 is 1.47. The highest BCUT2D eigenvalue weighted by Gasteiger charge is 2.23. The van der Waals surface area contributed by atoms with Crippen LogP contribution >= 0.6 is 11.3 Å². The summed E-state index contributed by atoms with van der Waals surface area (Å²) in [6.07, 6.45) is 1.74. The Morgan fingerprint density at radius 2 is 2.20 bits per heavy atom. The highest BCUT2D eigenvalue weighted by Crippen LogP contribution is 2.35. The van der Waals surface area contributed by atoms with Gasteiger partial charge in [0.25, 0.3) is 5.91 Å². The van der Waals surface area contributed by atoms with Gasteiger partial charge in [0.1, 0.15) is 4.88 Å². The maximum atomic E-state index is 12.7. The number of aryl methyl sites for hydroxylation is 1. The second kappa shape index (κ2) is 5.67. The molecule has 1 aromatic carbocycles. The number of anilines is 1. The highest BCUT2D eigenvalue weighted by molar-refractivity contribution is 7.21. The molecule has 0 saturated carbocycles. The third-order valence-electron chi connectivity index (χ3n) is 3.29. The molecule has 1 heterocycles. The summed E-state index contributed by atoms with van der Waals surface area (Å²) in [5.74, 6) is -0.0174. The van der Waals surface area contributed by atoms with Crippen LogP contribution in [-0.4, -0.2) is 23.4 Å². The first-order valence-electron chi connectivity index (χ1n) is 6.66. The van der Waals surface area contributed by atoms with Crippen molar-refractivity contribution in [3.05, 3.63) is 41.3 Å². The smallest absolute Gasteiger partial charge is 0.266 e. The average molecular weight is 288 g/mol. The third-order valence-corrected chi connectivity index (χ3v) is 4.44. The van der Waals surface area contributed by atoms with Gasteiger partial charge in [-0.2, -0.15) is 0 Å². The summed E-state index contributed by atoms with van der Waals surface area (Å²) < 4.78 is 1.06. The van der Waals surface area contributed by atoms with Crippen molar-refractivity contribution in [2.24, 2.45) is 0 Å². The molecule has 0 aliphatic heterocycles. The van der Waals surface area contributed by atoms with Gasteiger partial charge in [-0.05, 0) is 32.4 Å². The summed E-state index contributed by atoms with van der Waals surface area (Å²) in [6.45, 7) is 10.3. The van der Waals surface area contributed by atoms with Crippen LogP contribution in [0.3, 0.4) is 0 Å². The lowest BCUT2D eigenvalue weighted by Gasteiger charge is -2.24. The zero-order valence-electron chi connectivity index (χ0n) is 12.1. The fourth-order valence-corrected chi connectivity index (χ4v) is 3.36. The molecule has 0 atom stereocenters. The van der Waals surface area contributed by atoms with Crippen LogP contribution in [0.5, 0.6) is 0 Å². The SMILES string of the molecule is C=CCN(C(=O)c1sc2cc(C)ccc2c1N)C(C)C. The monoisotopic (exact) mass is 288 g/mol. The van der Waals surface area contributed by atoms with Crippen molar-refractivity contribution in [1.82, 2.24) is 4.90 Å². The third kappa shape index (κ3) is 2.56. The van der Waals surface area contributed by atoms with Gasteiger partial charge in [0.2, 0.25) is 0 Å². The number of hydrogen-bond donors (Lipinski definition) is 1. The first-order valence-corrected chi connectivity index (χ1v) is 7.47. The topological polar surface area (TPSA) is 46.3 Å². The summed E-state index contributed by atoms with van der Waals surface area (Å²) in [7, 11) is 0. The minimum Gasteiger partial charge on any atom is -0.397 e. The lowest BCUT2D eigenvalue weighted by atomic mass is 10.1. The van der Waals surface area contributed by atoms with Crippen molar-refractivity contribution in [2.75, 3.05) is 12.3 Å². The van der Waals surface area contributed by atoms with E-state index in [1.807, 2.05) is 32.9 Å². The van der Waals surface area contributed by atoms with Crippen molar-refractivity contribution in [1.29, 1.82) is 0 Å². The fraction of sp³-hybridized carbons (Fsp3) is 0.312. The van der Waals surface area contributed by atoms with Gasteiger partial charge in [0.05, 0.1) is 5.69 Å². The Balaban J connectivity index is 2.48. The van der Waals surface area contributed by atoms with E-state index in [0.29, 0.717) is 17.1 Å². The molecule has 0 aliphatic rings. The summed E-state index contributed by atoms with van der Waals surface area (Å²) in [4.78, 5) is 15.1. The van der Waals surface area contributed by atoms with Gasteiger partial charge < -0.3 is 10.6 Å². The summed E-state index contributed by atoms with van der Waals surface area (Å²) in [6, 6.07) is 6.19. The number of thiophene rings is 1. The minimum atomic E-state index is -0.0174. The van der Waals surface area contributed by atoms with E-state index >= 15 is 0 Å². The van der Waals surface area contributed by atoms with E-state index in [1.54, 1.807) is 11.0 Å². The maximum Gasteiger partial charge on any atom is 0.266 e. The Bertz CT molecular complexity index is 658. The van der Waals surface area contributed by atoms with Crippen molar-refractivity contribution >= 4 is 33.0 Å². The molecule has 0 saturated heterocycles. The van der Waals surface area contributed by atoms with Crippen LogP contribution in [0.15, 0.2) is 30.9 Å². The molecule has 2 N–H and O–H groups in total. The van der Waals surface area contributed by atoms with E-state index in [-0.39, 0.29) is 11.9 Å². The first-order chi connectivity index (χ1) is 9.45. The van der Waals surface area contributed by atoms with Crippen LogP contribution in [0.1, 0.15) is 29.1 Å². The zero-order chi connectivity index (χ0) is 14.9. The van der Waals surface area contributed by atoms with E-state index in [1.165, 1.54) is 16.9 Å². The number of carbonyl (C=O) groups excluding carboxylic acids is 1. The van der Waals surface area contributed by atoms with E-state index in [0.717, 1.165) is 10.1 Å². The van der Waals surface area contributed by atoms with Crippen molar-refractivity contribution in [3.8, 4) is 0 Å². The molecule has 0 radical (unpaired) electrons. The molecule has 106 valence electrons. The molecule has 0 fully saturated rings. The summed E-state index contributed by atoms with van der Waals surface area (Å²) in [5, 5.41) is 0.964. The van der Waals surface area contributed by atoms with E-state index < -0.39 is 0 Å². The van der Waals surface area contributed by atoms with Crippen LogP contribution in [0.2, 0.25) is 0 Å². The number of rotatable bonds is 4. The number of nitrogen functional groups attached to an aromatic ring is 1. The standard InChI is InChI=1S/C16H20N2OS/c1-5-8-18(10(2)3)16(19)15-14(17)12-7-6-11(4)9-13(12)20-15/h5-7,9-10H,1,8,17H2,2-4H3. The van der Waals surface area contributed by atoms with Gasteiger partial charge in [-0.3, -0.25) is 4.79 Å². The predicted octanol–water partition coefficient (Wildman–Crippen LogP) is 3.83. The largest absolute Gasteiger partial charge is 0.397 e. The van der Waals surface area contributed by atoms with Gasteiger partial charge in [-0.15, -0.1) is 17.9 Å². The molecular weight excluding hydrogens is 268 g/mol. The fourth-order valence-electron chi connectivity index (χ4n) is 2.18. The Kier molecular flexibility index (Phi) is 4.14. The van der Waals surface area contributed by atoms with Gasteiger partial charge in [0.15, 0.2) is 0 Å². The molecule has 0 aliphatic carbocycles. The number of amides is 1.